The van der Waals surface area contributed by atoms with Crippen LogP contribution in [0.15, 0.2) is 11.2 Å². The molecule has 1 saturated carbocycles. The minimum atomic E-state index is 0.168. The first-order valence-corrected chi connectivity index (χ1v) is 9.23. The minimum Gasteiger partial charge on any atom is -0.348 e. The Morgan fingerprint density at radius 1 is 1.35 bits per heavy atom. The normalized spacial score (nSPS) is 14.4. The second kappa shape index (κ2) is 6.51. The fourth-order valence-electron chi connectivity index (χ4n) is 3.01. The van der Waals surface area contributed by atoms with Crippen LogP contribution in [-0.2, 0) is 13.6 Å². The Morgan fingerprint density at radius 3 is 2.74 bits per heavy atom. The van der Waals surface area contributed by atoms with Gasteiger partial charge >= 0.3 is 0 Å². The van der Waals surface area contributed by atoms with Gasteiger partial charge in [0.15, 0.2) is 10.9 Å². The maximum absolute atomic E-state index is 12.6. The zero-order valence-electron chi connectivity index (χ0n) is 14.3. The molecule has 0 atom stereocenters. The van der Waals surface area contributed by atoms with Gasteiger partial charge in [-0.15, -0.1) is 10.2 Å². The van der Waals surface area contributed by atoms with E-state index < -0.39 is 0 Å². The SMILES string of the molecule is CCCn1c(C)cc(C(=O)CSc2nnc(C3CC3)n2C)c1C. The number of carbonyl (C=O) groups is 1. The zero-order chi connectivity index (χ0) is 16.6. The molecular weight excluding hydrogens is 308 g/mol. The molecule has 0 unspecified atom stereocenters. The highest BCUT2D eigenvalue weighted by molar-refractivity contribution is 7.99. The van der Waals surface area contributed by atoms with Crippen LogP contribution >= 0.6 is 11.8 Å². The predicted molar refractivity (Wildman–Crippen MR) is 92.2 cm³/mol. The number of thioether (sulfide) groups is 1. The molecule has 2 heterocycles. The second-order valence-electron chi connectivity index (χ2n) is 6.32. The third-order valence-corrected chi connectivity index (χ3v) is 5.48. The van der Waals surface area contributed by atoms with E-state index in [0.717, 1.165) is 40.9 Å². The predicted octanol–water partition coefficient (Wildman–Crippen LogP) is 3.50. The molecule has 0 radical (unpaired) electrons. The largest absolute Gasteiger partial charge is 0.348 e. The molecule has 0 saturated heterocycles. The van der Waals surface area contributed by atoms with Gasteiger partial charge in [-0.3, -0.25) is 4.79 Å². The Kier molecular flexibility index (Phi) is 4.62. The summed E-state index contributed by atoms with van der Waals surface area (Å²) in [5.74, 6) is 2.21. The van der Waals surface area contributed by atoms with Gasteiger partial charge in [0.05, 0.1) is 5.75 Å². The molecule has 2 aromatic rings. The summed E-state index contributed by atoms with van der Waals surface area (Å²) in [6.45, 7) is 7.22. The van der Waals surface area contributed by atoms with Crippen LogP contribution in [0.4, 0.5) is 0 Å². The van der Waals surface area contributed by atoms with E-state index in [0.29, 0.717) is 11.7 Å². The van der Waals surface area contributed by atoms with Gasteiger partial charge in [-0.25, -0.2) is 0 Å². The third-order valence-electron chi connectivity index (χ3n) is 4.46. The highest BCUT2D eigenvalue weighted by Gasteiger charge is 2.29. The Morgan fingerprint density at radius 2 is 2.09 bits per heavy atom. The molecule has 0 aromatic carbocycles. The van der Waals surface area contributed by atoms with Gasteiger partial charge in [0.1, 0.15) is 5.82 Å². The van der Waals surface area contributed by atoms with Gasteiger partial charge in [-0.05, 0) is 39.2 Å². The maximum Gasteiger partial charge on any atom is 0.191 e. The van der Waals surface area contributed by atoms with Crippen LogP contribution in [0.5, 0.6) is 0 Å². The molecule has 1 aliphatic carbocycles. The molecule has 5 nitrogen and oxygen atoms in total. The molecule has 3 rings (SSSR count). The smallest absolute Gasteiger partial charge is 0.191 e. The molecule has 0 spiro atoms. The summed E-state index contributed by atoms with van der Waals surface area (Å²) in [4.78, 5) is 12.6. The van der Waals surface area contributed by atoms with E-state index in [4.69, 9.17) is 0 Å². The Labute approximate surface area is 141 Å². The van der Waals surface area contributed by atoms with Crippen LogP contribution < -0.4 is 0 Å². The first-order valence-electron chi connectivity index (χ1n) is 8.25. The summed E-state index contributed by atoms with van der Waals surface area (Å²) in [6.07, 6.45) is 3.49. The Bertz CT molecular complexity index is 727. The van der Waals surface area contributed by atoms with Crippen molar-refractivity contribution in [1.82, 2.24) is 19.3 Å². The highest BCUT2D eigenvalue weighted by Crippen LogP contribution is 2.39. The van der Waals surface area contributed by atoms with Crippen molar-refractivity contribution in [1.29, 1.82) is 0 Å². The Hall–Kier alpha value is -1.56. The van der Waals surface area contributed by atoms with Gasteiger partial charge in [0.25, 0.3) is 0 Å². The number of hydrogen-bond acceptors (Lipinski definition) is 4. The molecule has 0 N–H and O–H groups in total. The summed E-state index contributed by atoms with van der Waals surface area (Å²) in [6, 6.07) is 2.01. The lowest BCUT2D eigenvalue weighted by molar-refractivity contribution is 0.102. The van der Waals surface area contributed by atoms with Crippen molar-refractivity contribution >= 4 is 17.5 Å². The number of aromatic nitrogens is 4. The van der Waals surface area contributed by atoms with E-state index in [9.17, 15) is 4.79 Å². The van der Waals surface area contributed by atoms with Gasteiger partial charge in [0, 0.05) is 36.5 Å². The van der Waals surface area contributed by atoms with Crippen molar-refractivity contribution < 1.29 is 4.79 Å². The second-order valence-corrected chi connectivity index (χ2v) is 7.26. The van der Waals surface area contributed by atoms with Crippen LogP contribution in [0, 0.1) is 13.8 Å². The zero-order valence-corrected chi connectivity index (χ0v) is 15.1. The molecule has 1 aliphatic rings. The first kappa shape index (κ1) is 16.3. The lowest BCUT2D eigenvalue weighted by Gasteiger charge is -2.07. The highest BCUT2D eigenvalue weighted by atomic mass is 32.2. The minimum absolute atomic E-state index is 0.168. The van der Waals surface area contributed by atoms with Crippen molar-refractivity contribution in [2.75, 3.05) is 5.75 Å². The fourth-order valence-corrected chi connectivity index (χ4v) is 3.81. The standard InChI is InChI=1S/C17H24N4OS/c1-5-8-21-11(2)9-14(12(21)3)15(22)10-23-17-19-18-16(20(17)4)13-6-7-13/h9,13H,5-8,10H2,1-4H3. The molecule has 6 heteroatoms. The number of carbonyl (C=O) groups excluding carboxylic acids is 1. The molecule has 0 aliphatic heterocycles. The van der Waals surface area contributed by atoms with Gasteiger partial charge in [-0.1, -0.05) is 18.7 Å². The molecular formula is C17H24N4OS. The summed E-state index contributed by atoms with van der Waals surface area (Å²) in [7, 11) is 1.99. The van der Waals surface area contributed by atoms with E-state index in [2.05, 4.69) is 28.6 Å². The van der Waals surface area contributed by atoms with Crippen LogP contribution in [0.2, 0.25) is 0 Å². The lowest BCUT2D eigenvalue weighted by atomic mass is 10.2. The summed E-state index contributed by atoms with van der Waals surface area (Å²) < 4.78 is 4.27. The van der Waals surface area contributed by atoms with Crippen molar-refractivity contribution in [2.24, 2.45) is 7.05 Å². The molecule has 23 heavy (non-hydrogen) atoms. The lowest BCUT2D eigenvalue weighted by Crippen LogP contribution is -2.07. The number of hydrogen-bond donors (Lipinski definition) is 0. The average molecular weight is 332 g/mol. The number of ketones is 1. The summed E-state index contributed by atoms with van der Waals surface area (Å²) in [5, 5.41) is 9.34. The van der Waals surface area contributed by atoms with E-state index in [1.165, 1.54) is 24.6 Å². The summed E-state index contributed by atoms with van der Waals surface area (Å²) >= 11 is 1.48. The summed E-state index contributed by atoms with van der Waals surface area (Å²) in [5.41, 5.74) is 3.08. The van der Waals surface area contributed by atoms with Crippen LogP contribution in [0.3, 0.4) is 0 Å². The Balaban J connectivity index is 1.69. The molecule has 2 aromatic heterocycles. The molecule has 1 fully saturated rings. The maximum atomic E-state index is 12.6. The van der Waals surface area contributed by atoms with Crippen LogP contribution in [0.25, 0.3) is 0 Å². The number of rotatable bonds is 7. The van der Waals surface area contributed by atoms with Gasteiger partial charge < -0.3 is 9.13 Å². The number of Topliss-reactive ketones (excluding diaryl/α,β-unsaturated/α-hetero) is 1. The monoisotopic (exact) mass is 332 g/mol. The van der Waals surface area contributed by atoms with Crippen molar-refractivity contribution in [3.05, 3.63) is 28.8 Å². The molecule has 124 valence electrons. The fraction of sp³-hybridized carbons (Fsp3) is 0.588. The van der Waals surface area contributed by atoms with Gasteiger partial charge in [0.2, 0.25) is 0 Å². The van der Waals surface area contributed by atoms with E-state index in [1.807, 2.05) is 24.6 Å². The van der Waals surface area contributed by atoms with Crippen LogP contribution in [-0.4, -0.2) is 30.9 Å². The number of nitrogens with zero attached hydrogens (tertiary/aromatic N) is 4. The van der Waals surface area contributed by atoms with E-state index in [-0.39, 0.29) is 5.78 Å². The van der Waals surface area contributed by atoms with Crippen LogP contribution in [0.1, 0.15) is 59.7 Å². The molecule has 0 amide bonds. The van der Waals surface area contributed by atoms with E-state index >= 15 is 0 Å². The quantitative estimate of drug-likeness (QED) is 0.575. The molecule has 0 bridgehead atoms. The first-order chi connectivity index (χ1) is 11.0. The van der Waals surface area contributed by atoms with Crippen molar-refractivity contribution in [2.45, 2.75) is 57.7 Å². The topological polar surface area (TPSA) is 52.7 Å². The van der Waals surface area contributed by atoms with E-state index in [1.54, 1.807) is 0 Å². The van der Waals surface area contributed by atoms with Crippen molar-refractivity contribution in [3.8, 4) is 0 Å². The third kappa shape index (κ3) is 3.22. The average Bonchev–Trinajstić information content (AvgIpc) is 3.25. The number of aryl methyl sites for hydroxylation is 1. The van der Waals surface area contributed by atoms with Crippen molar-refractivity contribution in [3.63, 3.8) is 0 Å². The van der Waals surface area contributed by atoms with Gasteiger partial charge in [-0.2, -0.15) is 0 Å².